The van der Waals surface area contributed by atoms with Crippen molar-refractivity contribution >= 4 is 23.2 Å². The van der Waals surface area contributed by atoms with Gasteiger partial charge in [-0.1, -0.05) is 23.7 Å². The van der Waals surface area contributed by atoms with E-state index in [1.807, 2.05) is 32.0 Å². The van der Waals surface area contributed by atoms with Crippen LogP contribution in [-0.4, -0.2) is 46.3 Å². The standard InChI is InChI=1S/C18H16ClN9O/c1-11-6-7-13(16(8-11)27-10-20-24-26-27)18-22-25-28(23-18)9-17(29)21-15-5-3-4-14(19)12(15)2/h3-8,10H,9H2,1-2H3,(H,21,29). The molecule has 4 rings (SSSR count). The summed E-state index contributed by atoms with van der Waals surface area (Å²) in [6.07, 6.45) is 1.49. The average molecular weight is 410 g/mol. The minimum Gasteiger partial charge on any atom is -0.324 e. The van der Waals surface area contributed by atoms with Crippen LogP contribution in [0, 0.1) is 13.8 Å². The molecule has 0 fully saturated rings. The Morgan fingerprint density at radius 2 is 2.03 bits per heavy atom. The molecule has 0 aliphatic heterocycles. The molecule has 0 radical (unpaired) electrons. The number of hydrogen-bond acceptors (Lipinski definition) is 7. The Labute approximate surface area is 170 Å². The van der Waals surface area contributed by atoms with Gasteiger partial charge in [0.25, 0.3) is 0 Å². The number of tetrazole rings is 2. The summed E-state index contributed by atoms with van der Waals surface area (Å²) in [5.74, 6) is 0.0751. The molecular weight excluding hydrogens is 394 g/mol. The smallest absolute Gasteiger partial charge is 0.248 e. The second-order valence-corrected chi connectivity index (χ2v) is 6.79. The van der Waals surface area contributed by atoms with Crippen molar-refractivity contribution in [2.45, 2.75) is 20.4 Å². The molecule has 0 saturated heterocycles. The normalized spacial score (nSPS) is 10.9. The molecule has 10 nitrogen and oxygen atoms in total. The van der Waals surface area contributed by atoms with Crippen molar-refractivity contribution in [1.82, 2.24) is 40.4 Å². The van der Waals surface area contributed by atoms with E-state index < -0.39 is 0 Å². The summed E-state index contributed by atoms with van der Waals surface area (Å²) >= 11 is 6.09. The molecule has 0 aliphatic rings. The quantitative estimate of drug-likeness (QED) is 0.537. The van der Waals surface area contributed by atoms with Crippen LogP contribution in [0.1, 0.15) is 11.1 Å². The molecule has 0 bridgehead atoms. The summed E-state index contributed by atoms with van der Waals surface area (Å²) in [6, 6.07) is 11.0. The molecule has 2 heterocycles. The Kier molecular flexibility index (Phi) is 5.00. The fourth-order valence-corrected chi connectivity index (χ4v) is 2.95. The first-order valence-corrected chi connectivity index (χ1v) is 9.06. The van der Waals surface area contributed by atoms with Crippen molar-refractivity contribution in [1.29, 1.82) is 0 Å². The highest BCUT2D eigenvalue weighted by Crippen LogP contribution is 2.24. The molecule has 11 heteroatoms. The molecule has 0 aliphatic carbocycles. The van der Waals surface area contributed by atoms with E-state index in [0.717, 1.165) is 11.1 Å². The van der Waals surface area contributed by atoms with Crippen LogP contribution in [0.15, 0.2) is 42.7 Å². The van der Waals surface area contributed by atoms with Crippen LogP contribution in [0.2, 0.25) is 5.02 Å². The summed E-state index contributed by atoms with van der Waals surface area (Å²) < 4.78 is 1.53. The lowest BCUT2D eigenvalue weighted by Crippen LogP contribution is -2.21. The Morgan fingerprint density at radius 1 is 1.17 bits per heavy atom. The van der Waals surface area contributed by atoms with Crippen LogP contribution in [-0.2, 0) is 11.3 Å². The van der Waals surface area contributed by atoms with Crippen LogP contribution in [0.25, 0.3) is 17.1 Å². The third-order valence-electron chi connectivity index (χ3n) is 4.27. The number of carbonyl (C=O) groups excluding carboxylic acids is 1. The van der Waals surface area contributed by atoms with Crippen molar-refractivity contribution in [2.75, 3.05) is 5.32 Å². The fourth-order valence-electron chi connectivity index (χ4n) is 2.77. The lowest BCUT2D eigenvalue weighted by atomic mass is 10.1. The van der Waals surface area contributed by atoms with E-state index in [2.05, 4.69) is 36.3 Å². The number of anilines is 1. The van der Waals surface area contributed by atoms with Gasteiger partial charge in [-0.2, -0.15) is 9.48 Å². The van der Waals surface area contributed by atoms with E-state index in [4.69, 9.17) is 11.6 Å². The first-order chi connectivity index (χ1) is 14.0. The molecule has 1 amide bonds. The predicted molar refractivity (Wildman–Crippen MR) is 106 cm³/mol. The third kappa shape index (κ3) is 3.97. The minimum atomic E-state index is -0.288. The number of nitrogens with zero attached hydrogens (tertiary/aromatic N) is 8. The van der Waals surface area contributed by atoms with E-state index in [-0.39, 0.29) is 12.5 Å². The van der Waals surface area contributed by atoms with Gasteiger partial charge in [-0.15, -0.1) is 15.3 Å². The van der Waals surface area contributed by atoms with Crippen LogP contribution < -0.4 is 5.32 Å². The molecule has 0 atom stereocenters. The zero-order valence-corrected chi connectivity index (χ0v) is 16.4. The zero-order valence-electron chi connectivity index (χ0n) is 15.6. The number of carbonyl (C=O) groups is 1. The van der Waals surface area contributed by atoms with Crippen molar-refractivity contribution in [3.8, 4) is 17.1 Å². The number of aryl methyl sites for hydroxylation is 1. The van der Waals surface area contributed by atoms with Gasteiger partial charge in [-0.3, -0.25) is 4.79 Å². The molecule has 0 spiro atoms. The molecule has 29 heavy (non-hydrogen) atoms. The maximum atomic E-state index is 12.4. The number of halogens is 1. The number of nitrogens with one attached hydrogen (secondary N) is 1. The predicted octanol–water partition coefficient (Wildman–Crippen LogP) is 2.22. The number of hydrogen-bond donors (Lipinski definition) is 1. The van der Waals surface area contributed by atoms with Gasteiger partial charge in [-0.05, 0) is 64.9 Å². The summed E-state index contributed by atoms with van der Waals surface area (Å²) in [6.45, 7) is 3.71. The van der Waals surface area contributed by atoms with Gasteiger partial charge in [0, 0.05) is 16.3 Å². The van der Waals surface area contributed by atoms with Gasteiger partial charge in [0.2, 0.25) is 11.7 Å². The molecule has 2 aromatic carbocycles. The maximum absolute atomic E-state index is 12.4. The van der Waals surface area contributed by atoms with Crippen LogP contribution >= 0.6 is 11.6 Å². The second-order valence-electron chi connectivity index (χ2n) is 6.38. The zero-order chi connectivity index (χ0) is 20.4. The summed E-state index contributed by atoms with van der Waals surface area (Å²) in [5.41, 5.74) is 3.87. The molecular formula is C18H16ClN9O. The number of rotatable bonds is 5. The Hall–Kier alpha value is -3.66. The molecule has 2 aromatic heterocycles. The van der Waals surface area contributed by atoms with Gasteiger partial charge in [-0.25, -0.2) is 0 Å². The SMILES string of the molecule is Cc1ccc(-c2nnn(CC(=O)Nc3cccc(Cl)c3C)n2)c(-n2cnnn2)c1. The second kappa shape index (κ2) is 7.76. The van der Waals surface area contributed by atoms with Crippen molar-refractivity contribution < 1.29 is 4.79 Å². The highest BCUT2D eigenvalue weighted by atomic mass is 35.5. The third-order valence-corrected chi connectivity index (χ3v) is 4.68. The summed E-state index contributed by atoms with van der Waals surface area (Å²) in [4.78, 5) is 13.6. The van der Waals surface area contributed by atoms with Gasteiger partial charge in [0.1, 0.15) is 12.9 Å². The topological polar surface area (TPSA) is 116 Å². The number of aromatic nitrogens is 8. The lowest BCUT2D eigenvalue weighted by molar-refractivity contribution is -0.117. The minimum absolute atomic E-state index is 0.0922. The average Bonchev–Trinajstić information content (AvgIpc) is 3.37. The van der Waals surface area contributed by atoms with E-state index in [9.17, 15) is 4.79 Å². The first kappa shape index (κ1) is 18.7. The van der Waals surface area contributed by atoms with Crippen LogP contribution in [0.4, 0.5) is 5.69 Å². The molecule has 0 unspecified atom stereocenters. The Balaban J connectivity index is 1.55. The van der Waals surface area contributed by atoms with Crippen molar-refractivity contribution in [2.24, 2.45) is 0 Å². The van der Waals surface area contributed by atoms with E-state index in [0.29, 0.717) is 27.8 Å². The molecule has 1 N–H and O–H groups in total. The Morgan fingerprint density at radius 3 is 2.83 bits per heavy atom. The van der Waals surface area contributed by atoms with Crippen molar-refractivity contribution in [3.63, 3.8) is 0 Å². The monoisotopic (exact) mass is 409 g/mol. The van der Waals surface area contributed by atoms with Crippen LogP contribution in [0.5, 0.6) is 0 Å². The maximum Gasteiger partial charge on any atom is 0.248 e. The summed E-state index contributed by atoms with van der Waals surface area (Å²) in [5, 5.41) is 27.0. The number of benzene rings is 2. The van der Waals surface area contributed by atoms with Crippen molar-refractivity contribution in [3.05, 3.63) is 58.9 Å². The Bertz CT molecular complexity index is 1170. The number of amides is 1. The van der Waals surface area contributed by atoms with Gasteiger partial charge in [0.15, 0.2) is 0 Å². The van der Waals surface area contributed by atoms with E-state index in [1.54, 1.807) is 18.2 Å². The largest absolute Gasteiger partial charge is 0.324 e. The fraction of sp³-hybridized carbons (Fsp3) is 0.167. The van der Waals surface area contributed by atoms with E-state index in [1.165, 1.54) is 15.8 Å². The van der Waals surface area contributed by atoms with E-state index >= 15 is 0 Å². The highest BCUT2D eigenvalue weighted by Gasteiger charge is 2.15. The molecule has 4 aromatic rings. The molecule has 0 saturated carbocycles. The molecule has 146 valence electrons. The first-order valence-electron chi connectivity index (χ1n) is 8.68. The summed E-state index contributed by atoms with van der Waals surface area (Å²) in [7, 11) is 0. The van der Waals surface area contributed by atoms with Crippen LogP contribution in [0.3, 0.4) is 0 Å². The lowest BCUT2D eigenvalue weighted by Gasteiger charge is -2.09. The highest BCUT2D eigenvalue weighted by molar-refractivity contribution is 6.31. The van der Waals surface area contributed by atoms with Gasteiger partial charge < -0.3 is 5.32 Å². The van der Waals surface area contributed by atoms with Gasteiger partial charge in [0.05, 0.1) is 5.69 Å². The van der Waals surface area contributed by atoms with Gasteiger partial charge >= 0.3 is 0 Å².